The van der Waals surface area contributed by atoms with Gasteiger partial charge in [-0.2, -0.15) is 5.10 Å². The van der Waals surface area contributed by atoms with Crippen LogP contribution in [0.4, 0.5) is 10.5 Å². The van der Waals surface area contributed by atoms with Crippen molar-refractivity contribution in [1.29, 1.82) is 0 Å². The van der Waals surface area contributed by atoms with Crippen LogP contribution in [0.1, 0.15) is 20.3 Å². The van der Waals surface area contributed by atoms with Crippen molar-refractivity contribution in [2.45, 2.75) is 26.3 Å². The van der Waals surface area contributed by atoms with Crippen LogP contribution >= 0.6 is 11.6 Å². The average Bonchev–Trinajstić information content (AvgIpc) is 2.95. The minimum Gasteiger partial charge on any atom is -0.396 e. The van der Waals surface area contributed by atoms with Crippen molar-refractivity contribution in [3.8, 4) is 5.69 Å². The summed E-state index contributed by atoms with van der Waals surface area (Å²) in [5.41, 5.74) is 1.30. The van der Waals surface area contributed by atoms with E-state index in [4.69, 9.17) is 16.7 Å². The molecule has 0 saturated heterocycles. The molecule has 6 nitrogen and oxygen atoms in total. The fourth-order valence-electron chi connectivity index (χ4n) is 2.20. The lowest BCUT2D eigenvalue weighted by molar-refractivity contribution is 0.227. The van der Waals surface area contributed by atoms with Crippen molar-refractivity contribution in [3.63, 3.8) is 0 Å². The molecule has 1 aromatic carbocycles. The molecule has 124 valence electrons. The Hall–Kier alpha value is -2.05. The van der Waals surface area contributed by atoms with E-state index in [1.807, 2.05) is 32.0 Å². The second-order valence-electron chi connectivity index (χ2n) is 5.59. The Labute approximate surface area is 140 Å². The van der Waals surface area contributed by atoms with Crippen LogP contribution in [0.5, 0.6) is 0 Å². The minimum atomic E-state index is -0.323. The number of amides is 2. The first kappa shape index (κ1) is 17.3. The topological polar surface area (TPSA) is 79.2 Å². The van der Waals surface area contributed by atoms with Gasteiger partial charge in [-0.25, -0.2) is 9.48 Å². The SMILES string of the molecule is CC(C)C(CCO)NC(=O)Nc1cnn(-c2ccccc2Cl)c1. The monoisotopic (exact) mass is 336 g/mol. The molecule has 1 heterocycles. The lowest BCUT2D eigenvalue weighted by Crippen LogP contribution is -2.41. The second kappa shape index (κ2) is 7.99. The van der Waals surface area contributed by atoms with Crippen LogP contribution in [0.3, 0.4) is 0 Å². The molecule has 1 unspecified atom stereocenters. The van der Waals surface area contributed by atoms with E-state index in [0.717, 1.165) is 5.69 Å². The number of benzene rings is 1. The number of aromatic nitrogens is 2. The number of anilines is 1. The van der Waals surface area contributed by atoms with E-state index < -0.39 is 0 Å². The van der Waals surface area contributed by atoms with E-state index in [1.165, 1.54) is 0 Å². The maximum Gasteiger partial charge on any atom is 0.319 e. The van der Waals surface area contributed by atoms with Crippen LogP contribution in [0, 0.1) is 5.92 Å². The van der Waals surface area contributed by atoms with Gasteiger partial charge in [-0.3, -0.25) is 0 Å². The second-order valence-corrected chi connectivity index (χ2v) is 5.99. The molecule has 3 N–H and O–H groups in total. The number of urea groups is 1. The van der Waals surface area contributed by atoms with Gasteiger partial charge in [-0.15, -0.1) is 0 Å². The predicted molar refractivity (Wildman–Crippen MR) is 91.1 cm³/mol. The van der Waals surface area contributed by atoms with E-state index in [1.54, 1.807) is 23.1 Å². The number of aliphatic hydroxyl groups is 1. The highest BCUT2D eigenvalue weighted by Gasteiger charge is 2.16. The number of hydrogen-bond donors (Lipinski definition) is 3. The molecule has 0 saturated carbocycles. The smallest absolute Gasteiger partial charge is 0.319 e. The lowest BCUT2D eigenvalue weighted by atomic mass is 10.0. The number of halogens is 1. The van der Waals surface area contributed by atoms with Gasteiger partial charge in [0.2, 0.25) is 0 Å². The van der Waals surface area contributed by atoms with Gasteiger partial charge in [0.15, 0.2) is 0 Å². The summed E-state index contributed by atoms with van der Waals surface area (Å²) >= 11 is 6.13. The van der Waals surface area contributed by atoms with Crippen molar-refractivity contribution in [3.05, 3.63) is 41.7 Å². The number of rotatable bonds is 6. The van der Waals surface area contributed by atoms with Gasteiger partial charge in [-0.1, -0.05) is 37.6 Å². The zero-order chi connectivity index (χ0) is 16.8. The molecule has 1 aromatic heterocycles. The van der Waals surface area contributed by atoms with Crippen molar-refractivity contribution in [2.75, 3.05) is 11.9 Å². The van der Waals surface area contributed by atoms with Crippen molar-refractivity contribution < 1.29 is 9.90 Å². The molecule has 0 bridgehead atoms. The zero-order valence-corrected chi connectivity index (χ0v) is 13.9. The Morgan fingerprint density at radius 3 is 2.78 bits per heavy atom. The minimum absolute atomic E-state index is 0.0353. The van der Waals surface area contributed by atoms with E-state index >= 15 is 0 Å². The highest BCUT2D eigenvalue weighted by atomic mass is 35.5. The molecule has 2 amide bonds. The molecule has 7 heteroatoms. The maximum absolute atomic E-state index is 12.0. The molecule has 0 spiro atoms. The fourth-order valence-corrected chi connectivity index (χ4v) is 2.43. The quantitative estimate of drug-likeness (QED) is 0.758. The van der Waals surface area contributed by atoms with Gasteiger partial charge in [0, 0.05) is 12.6 Å². The molecular weight excluding hydrogens is 316 g/mol. The molecule has 23 heavy (non-hydrogen) atoms. The summed E-state index contributed by atoms with van der Waals surface area (Å²) in [6, 6.07) is 6.92. The third kappa shape index (κ3) is 4.71. The van der Waals surface area contributed by atoms with Crippen LogP contribution in [0.25, 0.3) is 5.69 Å². The number of carbonyl (C=O) groups excluding carboxylic acids is 1. The van der Waals surface area contributed by atoms with E-state index in [9.17, 15) is 4.79 Å². The van der Waals surface area contributed by atoms with Crippen LogP contribution in [0.15, 0.2) is 36.7 Å². The van der Waals surface area contributed by atoms with Gasteiger partial charge < -0.3 is 15.7 Å². The standard InChI is InChI=1S/C16H21ClN4O2/c1-11(2)14(7-8-22)20-16(23)19-12-9-18-21(10-12)15-6-4-3-5-13(15)17/h3-6,9-11,14,22H,7-8H2,1-2H3,(H2,19,20,23). The highest BCUT2D eigenvalue weighted by Crippen LogP contribution is 2.20. The first-order valence-electron chi connectivity index (χ1n) is 7.49. The highest BCUT2D eigenvalue weighted by molar-refractivity contribution is 6.32. The van der Waals surface area contributed by atoms with Gasteiger partial charge >= 0.3 is 6.03 Å². The maximum atomic E-state index is 12.0. The van der Waals surface area contributed by atoms with Crippen LogP contribution in [-0.4, -0.2) is 33.6 Å². The Morgan fingerprint density at radius 1 is 1.39 bits per heavy atom. The molecule has 0 aliphatic rings. The Kier molecular flexibility index (Phi) is 6.01. The number of nitrogens with zero attached hydrogens (tertiary/aromatic N) is 2. The number of aliphatic hydroxyl groups excluding tert-OH is 1. The molecule has 0 radical (unpaired) electrons. The third-order valence-electron chi connectivity index (χ3n) is 3.50. The summed E-state index contributed by atoms with van der Waals surface area (Å²) in [6.07, 6.45) is 3.76. The first-order chi connectivity index (χ1) is 11.0. The largest absolute Gasteiger partial charge is 0.396 e. The van der Waals surface area contributed by atoms with Gasteiger partial charge in [-0.05, 0) is 24.5 Å². The van der Waals surface area contributed by atoms with E-state index in [-0.39, 0.29) is 24.6 Å². The number of carbonyl (C=O) groups is 1. The van der Waals surface area contributed by atoms with Gasteiger partial charge in [0.25, 0.3) is 0 Å². The predicted octanol–water partition coefficient (Wildman–Crippen LogP) is 3.05. The van der Waals surface area contributed by atoms with Crippen molar-refractivity contribution in [2.24, 2.45) is 5.92 Å². The van der Waals surface area contributed by atoms with Crippen molar-refractivity contribution in [1.82, 2.24) is 15.1 Å². The molecule has 1 atom stereocenters. The summed E-state index contributed by atoms with van der Waals surface area (Å²) in [4.78, 5) is 12.0. The molecule has 0 aliphatic carbocycles. The summed E-state index contributed by atoms with van der Waals surface area (Å²) in [6.45, 7) is 4.03. The number of hydrogen-bond acceptors (Lipinski definition) is 3. The summed E-state index contributed by atoms with van der Waals surface area (Å²) in [5, 5.41) is 19.4. The van der Waals surface area contributed by atoms with E-state index in [0.29, 0.717) is 17.1 Å². The van der Waals surface area contributed by atoms with Gasteiger partial charge in [0.05, 0.1) is 28.8 Å². The van der Waals surface area contributed by atoms with Crippen LogP contribution < -0.4 is 10.6 Å². The van der Waals surface area contributed by atoms with Gasteiger partial charge in [0.1, 0.15) is 0 Å². The normalized spacial score (nSPS) is 12.2. The Balaban J connectivity index is 2.01. The van der Waals surface area contributed by atoms with Crippen LogP contribution in [-0.2, 0) is 0 Å². The first-order valence-corrected chi connectivity index (χ1v) is 7.87. The zero-order valence-electron chi connectivity index (χ0n) is 13.2. The third-order valence-corrected chi connectivity index (χ3v) is 3.82. The van der Waals surface area contributed by atoms with Crippen molar-refractivity contribution >= 4 is 23.3 Å². The number of para-hydroxylation sites is 1. The summed E-state index contributed by atoms with van der Waals surface area (Å²) in [7, 11) is 0. The van der Waals surface area contributed by atoms with E-state index in [2.05, 4.69) is 15.7 Å². The summed E-state index contributed by atoms with van der Waals surface area (Å²) < 4.78 is 1.60. The molecule has 2 rings (SSSR count). The number of nitrogens with one attached hydrogen (secondary N) is 2. The summed E-state index contributed by atoms with van der Waals surface area (Å²) in [5.74, 6) is 0.235. The lowest BCUT2D eigenvalue weighted by Gasteiger charge is -2.21. The fraction of sp³-hybridized carbons (Fsp3) is 0.375. The molecular formula is C16H21ClN4O2. The average molecular weight is 337 g/mol. The molecule has 0 fully saturated rings. The molecule has 2 aromatic rings. The Bertz CT molecular complexity index is 657. The Morgan fingerprint density at radius 2 is 2.13 bits per heavy atom. The van der Waals surface area contributed by atoms with Crippen LogP contribution in [0.2, 0.25) is 5.02 Å². The molecule has 0 aliphatic heterocycles.